The van der Waals surface area contributed by atoms with Gasteiger partial charge in [0.05, 0.1) is 36.6 Å². The number of hydrogen-bond donors (Lipinski definition) is 1. The third-order valence-electron chi connectivity index (χ3n) is 4.62. The SMILES string of the molecule is CO[C@@H]1C(O)CC[C@]2(CO2)[C@H]1C(C)(C)OCC=C(C)C. The van der Waals surface area contributed by atoms with Gasteiger partial charge in [-0.3, -0.25) is 0 Å². The van der Waals surface area contributed by atoms with E-state index < -0.39 is 11.7 Å². The predicted molar refractivity (Wildman–Crippen MR) is 77.7 cm³/mol. The molecule has 2 aliphatic rings. The normalized spacial score (nSPS) is 37.0. The molecule has 1 heterocycles. The maximum absolute atomic E-state index is 10.2. The fraction of sp³-hybridized carbons (Fsp3) is 0.875. The van der Waals surface area contributed by atoms with E-state index in [-0.39, 0.29) is 17.6 Å². The Morgan fingerprint density at radius 1 is 1.45 bits per heavy atom. The summed E-state index contributed by atoms with van der Waals surface area (Å²) in [5, 5.41) is 10.2. The molecule has 1 N–H and O–H groups in total. The monoisotopic (exact) mass is 284 g/mol. The third kappa shape index (κ3) is 3.08. The van der Waals surface area contributed by atoms with Crippen molar-refractivity contribution >= 4 is 0 Å². The van der Waals surface area contributed by atoms with Crippen LogP contribution in [-0.2, 0) is 14.2 Å². The highest BCUT2D eigenvalue weighted by molar-refractivity contribution is 5.12. The lowest BCUT2D eigenvalue weighted by Gasteiger charge is -2.46. The standard InChI is InChI=1S/C16H28O4/c1-11(2)7-9-19-15(3,4)14-13(18-5)12(17)6-8-16(14)10-20-16/h7,12-14,17H,6,8-10H2,1-5H3/t12?,13-,14-,16+/m1/s1. The molecule has 1 saturated carbocycles. The summed E-state index contributed by atoms with van der Waals surface area (Å²) in [4.78, 5) is 0. The number of epoxide rings is 1. The molecule has 4 atom stereocenters. The summed E-state index contributed by atoms with van der Waals surface area (Å²) < 4.78 is 17.4. The molecule has 1 spiro atoms. The van der Waals surface area contributed by atoms with Crippen molar-refractivity contribution in [1.82, 2.24) is 0 Å². The Hall–Kier alpha value is -0.420. The zero-order valence-corrected chi connectivity index (χ0v) is 13.3. The lowest BCUT2D eigenvalue weighted by molar-refractivity contribution is -0.172. The second kappa shape index (κ2) is 5.76. The summed E-state index contributed by atoms with van der Waals surface area (Å²) in [6, 6.07) is 0. The highest BCUT2D eigenvalue weighted by atomic mass is 16.6. The average Bonchev–Trinajstić information content (AvgIpc) is 3.11. The van der Waals surface area contributed by atoms with E-state index in [2.05, 4.69) is 33.8 Å². The number of aliphatic hydroxyl groups is 1. The first-order valence-electron chi connectivity index (χ1n) is 7.44. The second-order valence-electron chi connectivity index (χ2n) is 6.83. The molecule has 116 valence electrons. The van der Waals surface area contributed by atoms with Crippen LogP contribution in [0, 0.1) is 5.92 Å². The quantitative estimate of drug-likeness (QED) is 0.622. The lowest BCUT2D eigenvalue weighted by atomic mass is 9.68. The van der Waals surface area contributed by atoms with Crippen LogP contribution in [0.15, 0.2) is 11.6 Å². The van der Waals surface area contributed by atoms with E-state index in [0.717, 1.165) is 19.4 Å². The number of aliphatic hydroxyl groups excluding tert-OH is 1. The Morgan fingerprint density at radius 3 is 2.60 bits per heavy atom. The van der Waals surface area contributed by atoms with E-state index in [1.807, 2.05) is 0 Å². The van der Waals surface area contributed by atoms with Crippen molar-refractivity contribution in [2.24, 2.45) is 5.92 Å². The van der Waals surface area contributed by atoms with Crippen molar-refractivity contribution in [2.75, 3.05) is 20.3 Å². The fourth-order valence-electron chi connectivity index (χ4n) is 3.49. The van der Waals surface area contributed by atoms with E-state index >= 15 is 0 Å². The maximum Gasteiger partial charge on any atom is 0.0998 e. The molecular weight excluding hydrogens is 256 g/mol. The van der Waals surface area contributed by atoms with E-state index in [1.165, 1.54) is 5.57 Å². The highest BCUT2D eigenvalue weighted by Crippen LogP contribution is 2.52. The van der Waals surface area contributed by atoms with Crippen LogP contribution in [0.3, 0.4) is 0 Å². The number of methoxy groups -OCH3 is 1. The molecule has 4 nitrogen and oxygen atoms in total. The molecule has 0 amide bonds. The lowest BCUT2D eigenvalue weighted by Crippen LogP contribution is -2.57. The second-order valence-corrected chi connectivity index (χ2v) is 6.83. The van der Waals surface area contributed by atoms with Crippen molar-refractivity contribution < 1.29 is 19.3 Å². The molecule has 0 aromatic heterocycles. The van der Waals surface area contributed by atoms with Gasteiger partial charge in [0, 0.05) is 13.0 Å². The van der Waals surface area contributed by atoms with Gasteiger partial charge in [-0.2, -0.15) is 0 Å². The molecule has 2 rings (SSSR count). The van der Waals surface area contributed by atoms with Gasteiger partial charge >= 0.3 is 0 Å². The van der Waals surface area contributed by atoms with Crippen LogP contribution in [0.4, 0.5) is 0 Å². The minimum Gasteiger partial charge on any atom is -0.390 e. The van der Waals surface area contributed by atoms with Crippen LogP contribution < -0.4 is 0 Å². The summed E-state index contributed by atoms with van der Waals surface area (Å²) in [5.74, 6) is 0.0503. The van der Waals surface area contributed by atoms with Gasteiger partial charge in [-0.25, -0.2) is 0 Å². The topological polar surface area (TPSA) is 51.2 Å². The van der Waals surface area contributed by atoms with Crippen molar-refractivity contribution in [3.05, 3.63) is 11.6 Å². The molecule has 0 radical (unpaired) electrons. The molecule has 1 aliphatic carbocycles. The van der Waals surface area contributed by atoms with Gasteiger partial charge in [0.15, 0.2) is 0 Å². The van der Waals surface area contributed by atoms with Crippen molar-refractivity contribution in [3.8, 4) is 0 Å². The smallest absolute Gasteiger partial charge is 0.0998 e. The van der Waals surface area contributed by atoms with E-state index in [9.17, 15) is 5.11 Å². The summed E-state index contributed by atoms with van der Waals surface area (Å²) >= 11 is 0. The first kappa shape index (κ1) is 16.0. The largest absolute Gasteiger partial charge is 0.390 e. The fourth-order valence-corrected chi connectivity index (χ4v) is 3.49. The summed E-state index contributed by atoms with van der Waals surface area (Å²) in [5.41, 5.74) is 0.684. The summed E-state index contributed by atoms with van der Waals surface area (Å²) in [6.45, 7) is 9.59. The van der Waals surface area contributed by atoms with Gasteiger partial charge in [-0.15, -0.1) is 0 Å². The minimum atomic E-state index is -0.439. The van der Waals surface area contributed by atoms with Gasteiger partial charge in [-0.1, -0.05) is 11.6 Å². The third-order valence-corrected chi connectivity index (χ3v) is 4.62. The van der Waals surface area contributed by atoms with Crippen molar-refractivity contribution in [2.45, 2.75) is 63.9 Å². The minimum absolute atomic E-state index is 0.0503. The number of rotatable bonds is 5. The van der Waals surface area contributed by atoms with Crippen molar-refractivity contribution in [1.29, 1.82) is 0 Å². The molecule has 0 bridgehead atoms. The maximum atomic E-state index is 10.2. The van der Waals surface area contributed by atoms with E-state index in [1.54, 1.807) is 7.11 Å². The van der Waals surface area contributed by atoms with Crippen molar-refractivity contribution in [3.63, 3.8) is 0 Å². The Kier molecular flexibility index (Phi) is 4.59. The number of ether oxygens (including phenoxy) is 3. The van der Waals surface area contributed by atoms with Crippen LogP contribution in [0.2, 0.25) is 0 Å². The predicted octanol–water partition coefficient (Wildman–Crippen LogP) is 2.30. The molecular formula is C16H28O4. The summed E-state index contributed by atoms with van der Waals surface area (Å²) in [6.07, 6.45) is 3.02. The molecule has 0 aromatic carbocycles. The Bertz CT molecular complexity index is 367. The first-order valence-corrected chi connectivity index (χ1v) is 7.44. The Balaban J connectivity index is 2.14. The van der Waals surface area contributed by atoms with Gasteiger partial charge < -0.3 is 19.3 Å². The highest BCUT2D eigenvalue weighted by Gasteiger charge is 2.63. The zero-order valence-electron chi connectivity index (χ0n) is 13.3. The molecule has 1 aliphatic heterocycles. The van der Waals surface area contributed by atoms with Crippen LogP contribution in [0.5, 0.6) is 0 Å². The Morgan fingerprint density at radius 2 is 2.10 bits per heavy atom. The average molecular weight is 284 g/mol. The van der Waals surface area contributed by atoms with Crippen LogP contribution >= 0.6 is 0 Å². The van der Waals surface area contributed by atoms with Gasteiger partial charge in [0.25, 0.3) is 0 Å². The first-order chi connectivity index (χ1) is 9.32. The van der Waals surface area contributed by atoms with E-state index in [0.29, 0.717) is 6.61 Å². The van der Waals surface area contributed by atoms with Gasteiger partial charge in [0.2, 0.25) is 0 Å². The molecule has 0 aromatic rings. The summed E-state index contributed by atoms with van der Waals surface area (Å²) in [7, 11) is 1.66. The molecule has 20 heavy (non-hydrogen) atoms. The number of hydrogen-bond acceptors (Lipinski definition) is 4. The van der Waals surface area contributed by atoms with Crippen LogP contribution in [0.25, 0.3) is 0 Å². The van der Waals surface area contributed by atoms with Crippen LogP contribution in [0.1, 0.15) is 40.5 Å². The van der Waals surface area contributed by atoms with E-state index in [4.69, 9.17) is 14.2 Å². The number of allylic oxidation sites excluding steroid dienone is 1. The van der Waals surface area contributed by atoms with Gasteiger partial charge in [0.1, 0.15) is 0 Å². The molecule has 1 saturated heterocycles. The van der Waals surface area contributed by atoms with Crippen LogP contribution in [-0.4, -0.2) is 48.8 Å². The molecule has 1 unspecified atom stereocenters. The molecule has 2 fully saturated rings. The molecule has 4 heteroatoms. The zero-order chi connectivity index (χ0) is 15.0. The van der Waals surface area contributed by atoms with Gasteiger partial charge in [-0.05, 0) is 40.5 Å². The Labute approximate surface area is 122 Å².